The number of benzene rings is 1. The summed E-state index contributed by atoms with van der Waals surface area (Å²) in [6, 6.07) is 6.32. The standard InChI is InChI=1S/C20H30ClN3O4S2/c1-29(25,26)22-8-3-11-30(27,28)24-9-2-4-16-14-23-10-7-15-12-17(21)5-6-18(15)20(23)13-19(16)24/h5-6,12,16,19-20,22H,2-4,7-11,13-14H2,1H3/t16-,19+,20+/m1/s1. The van der Waals surface area contributed by atoms with Gasteiger partial charge in [-0.05, 0) is 61.3 Å². The van der Waals surface area contributed by atoms with E-state index in [1.807, 2.05) is 12.1 Å². The Hall–Kier alpha value is -0.710. The molecule has 30 heavy (non-hydrogen) atoms. The highest BCUT2D eigenvalue weighted by molar-refractivity contribution is 7.89. The number of rotatable bonds is 6. The first kappa shape index (κ1) is 22.5. The van der Waals surface area contributed by atoms with Crippen molar-refractivity contribution in [2.75, 3.05) is 38.2 Å². The monoisotopic (exact) mass is 475 g/mol. The van der Waals surface area contributed by atoms with Gasteiger partial charge in [0.05, 0.1) is 12.0 Å². The van der Waals surface area contributed by atoms with Crippen molar-refractivity contribution < 1.29 is 16.8 Å². The fraction of sp³-hybridized carbons (Fsp3) is 0.700. The first-order valence-electron chi connectivity index (χ1n) is 10.6. The first-order valence-corrected chi connectivity index (χ1v) is 14.5. The van der Waals surface area contributed by atoms with Crippen molar-refractivity contribution in [1.29, 1.82) is 0 Å². The summed E-state index contributed by atoms with van der Waals surface area (Å²) in [6.07, 6.45) is 5.09. The summed E-state index contributed by atoms with van der Waals surface area (Å²) in [7, 11) is -6.74. The van der Waals surface area contributed by atoms with Crippen molar-refractivity contribution in [2.45, 2.75) is 44.2 Å². The summed E-state index contributed by atoms with van der Waals surface area (Å²) < 4.78 is 52.8. The minimum atomic E-state index is -3.43. The molecule has 4 rings (SSSR count). The highest BCUT2D eigenvalue weighted by Gasteiger charge is 2.45. The molecule has 3 heterocycles. The largest absolute Gasteiger partial charge is 0.296 e. The normalized spacial score (nSPS) is 27.9. The van der Waals surface area contributed by atoms with Crippen LogP contribution in [0, 0.1) is 5.92 Å². The Morgan fingerprint density at radius 1 is 1.20 bits per heavy atom. The predicted molar refractivity (Wildman–Crippen MR) is 119 cm³/mol. The molecule has 0 aliphatic carbocycles. The zero-order chi connectivity index (χ0) is 21.5. The topological polar surface area (TPSA) is 86.8 Å². The molecule has 0 spiro atoms. The molecule has 3 aliphatic heterocycles. The van der Waals surface area contributed by atoms with E-state index < -0.39 is 20.0 Å². The first-order chi connectivity index (χ1) is 14.1. The molecule has 0 radical (unpaired) electrons. The molecular formula is C20H30ClN3O4S2. The Labute approximate surface area is 184 Å². The van der Waals surface area contributed by atoms with Crippen LogP contribution < -0.4 is 4.72 Å². The van der Waals surface area contributed by atoms with Crippen LogP contribution in [0.1, 0.15) is 42.9 Å². The zero-order valence-corrected chi connectivity index (χ0v) is 19.6. The number of piperidine rings is 2. The Balaban J connectivity index is 1.49. The van der Waals surface area contributed by atoms with E-state index in [0.717, 1.165) is 50.1 Å². The highest BCUT2D eigenvalue weighted by atomic mass is 35.5. The van der Waals surface area contributed by atoms with Crippen LogP contribution in [0.5, 0.6) is 0 Å². The molecule has 1 N–H and O–H groups in total. The van der Waals surface area contributed by atoms with Crippen LogP contribution in [0.3, 0.4) is 0 Å². The van der Waals surface area contributed by atoms with E-state index in [2.05, 4.69) is 15.7 Å². The van der Waals surface area contributed by atoms with Crippen molar-refractivity contribution in [3.05, 3.63) is 34.3 Å². The van der Waals surface area contributed by atoms with Crippen LogP contribution in [0.25, 0.3) is 0 Å². The van der Waals surface area contributed by atoms with Crippen molar-refractivity contribution in [2.24, 2.45) is 5.92 Å². The second-order valence-corrected chi connectivity index (χ2v) is 13.1. The lowest BCUT2D eigenvalue weighted by molar-refractivity contribution is 0.0220. The average molecular weight is 476 g/mol. The van der Waals surface area contributed by atoms with E-state index in [4.69, 9.17) is 11.6 Å². The van der Waals surface area contributed by atoms with E-state index >= 15 is 0 Å². The molecule has 0 aromatic heterocycles. The van der Waals surface area contributed by atoms with Crippen LogP contribution in [0.4, 0.5) is 0 Å². The third-order valence-corrected chi connectivity index (χ3v) is 9.61. The lowest BCUT2D eigenvalue weighted by Gasteiger charge is -2.51. The van der Waals surface area contributed by atoms with Gasteiger partial charge in [-0.3, -0.25) is 4.90 Å². The third-order valence-electron chi connectivity index (χ3n) is 6.68. The number of hydrogen-bond donors (Lipinski definition) is 1. The van der Waals surface area contributed by atoms with Gasteiger partial charge >= 0.3 is 0 Å². The quantitative estimate of drug-likeness (QED) is 0.636. The van der Waals surface area contributed by atoms with Gasteiger partial charge in [-0.2, -0.15) is 4.31 Å². The van der Waals surface area contributed by atoms with Gasteiger partial charge in [0.15, 0.2) is 0 Å². The number of nitrogens with zero attached hydrogens (tertiary/aromatic N) is 2. The van der Waals surface area contributed by atoms with Crippen molar-refractivity contribution in [1.82, 2.24) is 13.9 Å². The van der Waals surface area contributed by atoms with Crippen LogP contribution >= 0.6 is 11.6 Å². The Morgan fingerprint density at radius 3 is 2.77 bits per heavy atom. The van der Waals surface area contributed by atoms with Crippen molar-refractivity contribution in [3.8, 4) is 0 Å². The smallest absolute Gasteiger partial charge is 0.214 e. The van der Waals surface area contributed by atoms with Gasteiger partial charge in [0.2, 0.25) is 20.0 Å². The SMILES string of the molecule is CS(=O)(=O)NCCCS(=O)(=O)N1CCC[C@@H]2CN3CCc4cc(Cl)ccc4[C@@H]3C[C@@H]21. The minimum absolute atomic E-state index is 0.00879. The highest BCUT2D eigenvalue weighted by Crippen LogP contribution is 2.44. The van der Waals surface area contributed by atoms with Crippen LogP contribution in [-0.4, -0.2) is 70.3 Å². The predicted octanol–water partition coefficient (Wildman–Crippen LogP) is 1.99. The molecule has 0 bridgehead atoms. The molecule has 2 saturated heterocycles. The fourth-order valence-corrected chi connectivity index (χ4v) is 7.89. The lowest BCUT2D eigenvalue weighted by atomic mass is 9.77. The maximum Gasteiger partial charge on any atom is 0.214 e. The summed E-state index contributed by atoms with van der Waals surface area (Å²) >= 11 is 6.19. The molecule has 1 aromatic rings. The van der Waals surface area contributed by atoms with Crippen molar-refractivity contribution >= 4 is 31.6 Å². The molecule has 3 atom stereocenters. The molecule has 0 saturated carbocycles. The number of halogens is 1. The van der Waals surface area contributed by atoms with E-state index in [-0.39, 0.29) is 30.8 Å². The van der Waals surface area contributed by atoms with Gasteiger partial charge in [-0.1, -0.05) is 17.7 Å². The van der Waals surface area contributed by atoms with Crippen LogP contribution in [-0.2, 0) is 26.5 Å². The molecule has 3 aliphatic rings. The minimum Gasteiger partial charge on any atom is -0.296 e. The van der Waals surface area contributed by atoms with Gasteiger partial charge in [0.25, 0.3) is 0 Å². The Morgan fingerprint density at radius 2 is 2.00 bits per heavy atom. The van der Waals surface area contributed by atoms with Gasteiger partial charge < -0.3 is 0 Å². The maximum absolute atomic E-state index is 13.1. The summed E-state index contributed by atoms with van der Waals surface area (Å²) in [4.78, 5) is 2.52. The Kier molecular flexibility index (Phi) is 6.50. The molecule has 0 unspecified atom stereocenters. The van der Waals surface area contributed by atoms with Gasteiger partial charge in [0.1, 0.15) is 0 Å². The molecule has 7 nitrogen and oxygen atoms in total. The summed E-state index contributed by atoms with van der Waals surface area (Å²) in [5.74, 6) is 0.326. The average Bonchev–Trinajstić information content (AvgIpc) is 2.68. The second kappa shape index (κ2) is 8.67. The van der Waals surface area contributed by atoms with E-state index in [0.29, 0.717) is 12.5 Å². The molecule has 10 heteroatoms. The number of hydrogen-bond acceptors (Lipinski definition) is 5. The van der Waals surface area contributed by atoms with Gasteiger partial charge in [-0.25, -0.2) is 21.6 Å². The van der Waals surface area contributed by atoms with Crippen molar-refractivity contribution in [3.63, 3.8) is 0 Å². The lowest BCUT2D eigenvalue weighted by Crippen LogP contribution is -2.57. The summed E-state index contributed by atoms with van der Waals surface area (Å²) in [5.41, 5.74) is 2.56. The van der Waals surface area contributed by atoms with E-state index in [1.54, 1.807) is 4.31 Å². The maximum atomic E-state index is 13.1. The number of fused-ring (bicyclic) bond motifs is 4. The van der Waals surface area contributed by atoms with Crippen LogP contribution in [0.2, 0.25) is 5.02 Å². The van der Waals surface area contributed by atoms with Crippen LogP contribution in [0.15, 0.2) is 18.2 Å². The molecule has 1 aromatic carbocycles. The second-order valence-electron chi connectivity index (χ2n) is 8.76. The van der Waals surface area contributed by atoms with Gasteiger partial charge in [-0.15, -0.1) is 0 Å². The Bertz CT molecular complexity index is 999. The van der Waals surface area contributed by atoms with E-state index in [1.165, 1.54) is 11.1 Å². The fourth-order valence-electron chi connectivity index (χ4n) is 5.36. The van der Waals surface area contributed by atoms with E-state index in [9.17, 15) is 16.8 Å². The zero-order valence-electron chi connectivity index (χ0n) is 17.3. The molecular weight excluding hydrogens is 446 g/mol. The third kappa shape index (κ3) is 4.86. The molecule has 0 amide bonds. The molecule has 2 fully saturated rings. The number of sulfonamides is 2. The molecule has 168 valence electrons. The van der Waals surface area contributed by atoms with Gasteiger partial charge in [0, 0.05) is 43.3 Å². The summed E-state index contributed by atoms with van der Waals surface area (Å²) in [6.45, 7) is 2.62. The summed E-state index contributed by atoms with van der Waals surface area (Å²) in [5, 5.41) is 0.750. The number of nitrogens with one attached hydrogen (secondary N) is 1.